The van der Waals surface area contributed by atoms with Crippen molar-refractivity contribution in [3.8, 4) is 17.2 Å². The molecule has 4 N–H and O–H groups in total. The van der Waals surface area contributed by atoms with Crippen LogP contribution in [0.15, 0.2) is 34.9 Å². The number of nitrogens with two attached hydrogens (primary N) is 2. The van der Waals surface area contributed by atoms with Crippen LogP contribution in [0.4, 0.5) is 11.4 Å². The molecule has 6 heteroatoms. The second-order valence-electron chi connectivity index (χ2n) is 4.03. The van der Waals surface area contributed by atoms with Gasteiger partial charge in [0, 0.05) is 11.8 Å². The molecule has 1 aromatic carbocycles. The molecule has 0 saturated carbocycles. The van der Waals surface area contributed by atoms with E-state index in [1.54, 1.807) is 30.5 Å². The van der Waals surface area contributed by atoms with E-state index in [0.29, 0.717) is 39.8 Å². The highest BCUT2D eigenvalue weighted by molar-refractivity contribution is 5.78. The molecule has 3 aromatic rings. The number of hydrogen-bond acceptors (Lipinski definition) is 6. The molecule has 0 unspecified atom stereocenters. The minimum Gasteiger partial charge on any atom is -0.492 e. The molecule has 2 aromatic heterocycles. The summed E-state index contributed by atoms with van der Waals surface area (Å²) in [5, 5.41) is 0. The number of methoxy groups -OCH3 is 1. The maximum atomic E-state index is 5.87. The largest absolute Gasteiger partial charge is 0.492 e. The van der Waals surface area contributed by atoms with Gasteiger partial charge in [-0.2, -0.15) is 4.98 Å². The van der Waals surface area contributed by atoms with E-state index in [0.717, 1.165) is 0 Å². The summed E-state index contributed by atoms with van der Waals surface area (Å²) in [6, 6.07) is 7.00. The first-order chi connectivity index (χ1) is 9.19. The first-order valence-corrected chi connectivity index (χ1v) is 5.64. The number of pyridine rings is 1. The Morgan fingerprint density at radius 3 is 2.58 bits per heavy atom. The number of oxazole rings is 1. The quantitative estimate of drug-likeness (QED) is 0.681. The van der Waals surface area contributed by atoms with Gasteiger partial charge < -0.3 is 20.6 Å². The molecule has 19 heavy (non-hydrogen) atoms. The monoisotopic (exact) mass is 256 g/mol. The molecule has 0 fully saturated rings. The van der Waals surface area contributed by atoms with Gasteiger partial charge in [0.25, 0.3) is 0 Å². The lowest BCUT2D eigenvalue weighted by Gasteiger charge is -2.08. The van der Waals surface area contributed by atoms with Crippen LogP contribution in [0.3, 0.4) is 0 Å². The highest BCUT2D eigenvalue weighted by atomic mass is 16.5. The van der Waals surface area contributed by atoms with Crippen LogP contribution in [0.1, 0.15) is 0 Å². The Morgan fingerprint density at radius 2 is 1.95 bits per heavy atom. The van der Waals surface area contributed by atoms with E-state index >= 15 is 0 Å². The van der Waals surface area contributed by atoms with Crippen molar-refractivity contribution in [2.45, 2.75) is 0 Å². The van der Waals surface area contributed by atoms with Crippen molar-refractivity contribution in [3.63, 3.8) is 0 Å². The topological polar surface area (TPSA) is 100 Å². The van der Waals surface area contributed by atoms with Gasteiger partial charge in [-0.15, -0.1) is 0 Å². The third kappa shape index (κ3) is 1.83. The van der Waals surface area contributed by atoms with Crippen molar-refractivity contribution in [3.05, 3.63) is 30.5 Å². The normalized spacial score (nSPS) is 10.8. The Kier molecular flexibility index (Phi) is 2.49. The Hall–Kier alpha value is -2.76. The molecule has 0 spiro atoms. The number of hydrogen-bond donors (Lipinski definition) is 2. The molecule has 6 nitrogen and oxygen atoms in total. The number of fused-ring (bicyclic) bond motifs is 1. The summed E-state index contributed by atoms with van der Waals surface area (Å²) in [5.41, 5.74) is 14.5. The summed E-state index contributed by atoms with van der Waals surface area (Å²) in [6.45, 7) is 0. The Labute approximate surface area is 109 Å². The smallest absolute Gasteiger partial charge is 0.229 e. The fourth-order valence-corrected chi connectivity index (χ4v) is 1.93. The van der Waals surface area contributed by atoms with Gasteiger partial charge >= 0.3 is 0 Å². The van der Waals surface area contributed by atoms with Crippen LogP contribution in [-0.2, 0) is 0 Å². The summed E-state index contributed by atoms with van der Waals surface area (Å²) < 4.78 is 10.7. The van der Waals surface area contributed by atoms with E-state index in [4.69, 9.17) is 20.6 Å². The van der Waals surface area contributed by atoms with E-state index in [1.807, 2.05) is 0 Å². The molecule has 2 heterocycles. The summed E-state index contributed by atoms with van der Waals surface area (Å²) in [4.78, 5) is 8.40. The van der Waals surface area contributed by atoms with Gasteiger partial charge in [0.1, 0.15) is 0 Å². The van der Waals surface area contributed by atoms with Gasteiger partial charge in [-0.1, -0.05) is 0 Å². The highest BCUT2D eigenvalue weighted by Crippen LogP contribution is 2.34. The molecule has 96 valence electrons. The zero-order valence-electron chi connectivity index (χ0n) is 10.3. The first-order valence-electron chi connectivity index (χ1n) is 5.64. The number of aromatic nitrogens is 2. The molecule has 0 bridgehead atoms. The number of nitrogen functional groups attached to an aromatic ring is 2. The lowest BCUT2D eigenvalue weighted by molar-refractivity contribution is 0.419. The van der Waals surface area contributed by atoms with Crippen LogP contribution in [0, 0.1) is 0 Å². The minimum atomic E-state index is 0.426. The average molecular weight is 256 g/mol. The van der Waals surface area contributed by atoms with Crippen LogP contribution in [-0.4, -0.2) is 17.1 Å². The number of nitrogens with zero attached hydrogens (tertiary/aromatic N) is 2. The SMILES string of the molecule is COc1c(N)cc(-c2nc3ncccc3o2)cc1N. The molecule has 0 atom stereocenters. The number of anilines is 2. The van der Waals surface area contributed by atoms with Gasteiger partial charge in [0.2, 0.25) is 5.89 Å². The zero-order chi connectivity index (χ0) is 13.4. The van der Waals surface area contributed by atoms with Crippen molar-refractivity contribution < 1.29 is 9.15 Å². The van der Waals surface area contributed by atoms with Crippen LogP contribution in [0.2, 0.25) is 0 Å². The van der Waals surface area contributed by atoms with Crippen molar-refractivity contribution in [1.82, 2.24) is 9.97 Å². The summed E-state index contributed by atoms with van der Waals surface area (Å²) >= 11 is 0. The molecule has 0 amide bonds. The van der Waals surface area contributed by atoms with E-state index in [2.05, 4.69) is 9.97 Å². The van der Waals surface area contributed by atoms with Gasteiger partial charge in [0.15, 0.2) is 17.0 Å². The number of benzene rings is 1. The van der Waals surface area contributed by atoms with Crippen LogP contribution >= 0.6 is 0 Å². The van der Waals surface area contributed by atoms with Crippen molar-refractivity contribution in [1.29, 1.82) is 0 Å². The van der Waals surface area contributed by atoms with Gasteiger partial charge in [-0.25, -0.2) is 4.98 Å². The summed E-state index contributed by atoms with van der Waals surface area (Å²) in [7, 11) is 1.52. The number of ether oxygens (including phenoxy) is 1. The van der Waals surface area contributed by atoms with E-state index < -0.39 is 0 Å². The second-order valence-corrected chi connectivity index (χ2v) is 4.03. The maximum absolute atomic E-state index is 5.87. The predicted molar refractivity (Wildman–Crippen MR) is 72.6 cm³/mol. The van der Waals surface area contributed by atoms with Crippen LogP contribution in [0.25, 0.3) is 22.7 Å². The third-order valence-electron chi connectivity index (χ3n) is 2.76. The van der Waals surface area contributed by atoms with E-state index in [1.165, 1.54) is 7.11 Å². The second kappa shape index (κ2) is 4.16. The highest BCUT2D eigenvalue weighted by Gasteiger charge is 2.13. The fraction of sp³-hybridized carbons (Fsp3) is 0.0769. The maximum Gasteiger partial charge on any atom is 0.229 e. The molecular formula is C13H12N4O2. The van der Waals surface area contributed by atoms with Gasteiger partial charge in [-0.05, 0) is 24.3 Å². The first kappa shape index (κ1) is 11.3. The number of rotatable bonds is 2. The van der Waals surface area contributed by atoms with E-state index in [9.17, 15) is 0 Å². The molecule has 3 rings (SSSR count). The third-order valence-corrected chi connectivity index (χ3v) is 2.76. The Balaban J connectivity index is 2.16. The summed E-state index contributed by atoms with van der Waals surface area (Å²) in [5.74, 6) is 0.882. The molecule has 0 saturated heterocycles. The molecule has 0 aliphatic rings. The molecule has 0 aliphatic carbocycles. The van der Waals surface area contributed by atoms with E-state index in [-0.39, 0.29) is 0 Å². The standard InChI is InChI=1S/C13H12N4O2/c1-18-11-8(14)5-7(6-9(11)15)13-17-12-10(19-13)3-2-4-16-12/h2-6H,14-15H2,1H3. The lowest BCUT2D eigenvalue weighted by Crippen LogP contribution is -1.98. The van der Waals surface area contributed by atoms with Crippen molar-refractivity contribution >= 4 is 22.6 Å². The van der Waals surface area contributed by atoms with Gasteiger partial charge in [0.05, 0.1) is 18.5 Å². The Bertz CT molecular complexity index is 695. The van der Waals surface area contributed by atoms with Gasteiger partial charge in [-0.3, -0.25) is 0 Å². The van der Waals surface area contributed by atoms with Crippen molar-refractivity contribution in [2.24, 2.45) is 0 Å². The predicted octanol–water partition coefficient (Wildman–Crippen LogP) is 2.06. The van der Waals surface area contributed by atoms with Crippen LogP contribution < -0.4 is 16.2 Å². The zero-order valence-corrected chi connectivity index (χ0v) is 10.3. The molecule has 0 radical (unpaired) electrons. The van der Waals surface area contributed by atoms with Crippen LogP contribution in [0.5, 0.6) is 5.75 Å². The summed E-state index contributed by atoms with van der Waals surface area (Å²) in [6.07, 6.45) is 1.66. The van der Waals surface area contributed by atoms with Crippen molar-refractivity contribution in [2.75, 3.05) is 18.6 Å². The Morgan fingerprint density at radius 1 is 1.21 bits per heavy atom. The average Bonchev–Trinajstić information content (AvgIpc) is 2.82. The lowest BCUT2D eigenvalue weighted by atomic mass is 10.1. The molecule has 0 aliphatic heterocycles. The fourth-order valence-electron chi connectivity index (χ4n) is 1.93. The minimum absolute atomic E-state index is 0.426. The molecular weight excluding hydrogens is 244 g/mol.